The molecule has 1 saturated heterocycles. The van der Waals surface area contributed by atoms with E-state index >= 15 is 0 Å². The molecule has 0 aromatic rings. The van der Waals surface area contributed by atoms with E-state index in [4.69, 9.17) is 9.99 Å². The molecule has 12 heteroatoms. The van der Waals surface area contributed by atoms with Gasteiger partial charge in [-0.15, -0.1) is 4.33 Å². The molecule has 0 spiro atoms. The summed E-state index contributed by atoms with van der Waals surface area (Å²) in [6.45, 7) is 2.53. The van der Waals surface area contributed by atoms with Crippen molar-refractivity contribution in [2.75, 3.05) is 6.61 Å². The third kappa shape index (κ3) is 4.57. The number of carbonyl (C=O) groups is 1. The lowest BCUT2D eigenvalue weighted by Crippen LogP contribution is -2.64. The molecular weight excluding hydrogens is 394 g/mol. The van der Waals surface area contributed by atoms with Gasteiger partial charge in [0, 0.05) is 17.5 Å². The minimum absolute atomic E-state index is 0.0578. The van der Waals surface area contributed by atoms with Gasteiger partial charge in [0.2, 0.25) is 0 Å². The number of alkyl halides is 6. The number of hydrogen-bond donors (Lipinski definition) is 1. The lowest BCUT2D eigenvalue weighted by Gasteiger charge is -2.54. The van der Waals surface area contributed by atoms with E-state index < -0.39 is 47.4 Å². The summed E-state index contributed by atoms with van der Waals surface area (Å²) < 4.78 is 87.5. The second kappa shape index (κ2) is 8.53. The van der Waals surface area contributed by atoms with E-state index in [-0.39, 0.29) is 24.9 Å². The van der Waals surface area contributed by atoms with Crippen molar-refractivity contribution in [3.63, 3.8) is 0 Å². The fraction of sp³-hybridized carbons (Fsp3) is 0.929. The molecule has 154 valence electrons. The third-order valence-corrected chi connectivity index (χ3v) is 6.07. The van der Waals surface area contributed by atoms with Gasteiger partial charge >= 0.3 is 18.3 Å². The van der Waals surface area contributed by atoms with Gasteiger partial charge in [-0.25, -0.2) is 5.26 Å². The molecular formula is C14H20F6O5S. The zero-order valence-electron chi connectivity index (χ0n) is 14.1. The number of ether oxygens (including phenoxy) is 1. The Balaban J connectivity index is 3.67. The predicted octanol–water partition coefficient (Wildman–Crippen LogP) is 5.07. The summed E-state index contributed by atoms with van der Waals surface area (Å²) in [4.78, 5) is 11.7. The van der Waals surface area contributed by atoms with Crippen LogP contribution in [0.15, 0.2) is 0 Å². The molecule has 0 radical (unpaired) electrons. The molecule has 5 nitrogen and oxygen atoms in total. The SMILES string of the molecule is CCCCC1(CC)COC(=O)CC1(SOOO)C(C(F)(F)F)C(F)(F)F. The second-order valence-electron chi connectivity index (χ2n) is 6.21. The normalized spacial score (nSPS) is 27.7. The van der Waals surface area contributed by atoms with Crippen LogP contribution in [0.5, 0.6) is 0 Å². The van der Waals surface area contributed by atoms with Crippen molar-refractivity contribution in [1.29, 1.82) is 0 Å². The fourth-order valence-electron chi connectivity index (χ4n) is 3.54. The van der Waals surface area contributed by atoms with Crippen molar-refractivity contribution in [3.05, 3.63) is 0 Å². The van der Waals surface area contributed by atoms with Crippen molar-refractivity contribution in [1.82, 2.24) is 0 Å². The predicted molar refractivity (Wildman–Crippen MR) is 78.5 cm³/mol. The number of hydrogen-bond acceptors (Lipinski definition) is 6. The van der Waals surface area contributed by atoms with Crippen LogP contribution in [0.25, 0.3) is 0 Å². The quantitative estimate of drug-likeness (QED) is 0.197. The number of halogens is 6. The highest BCUT2D eigenvalue weighted by Crippen LogP contribution is 2.63. The summed E-state index contributed by atoms with van der Waals surface area (Å²) in [5.74, 6) is -5.09. The maximum Gasteiger partial charge on any atom is 0.401 e. The molecule has 0 amide bonds. The molecule has 0 aromatic carbocycles. The molecule has 1 fully saturated rings. The Morgan fingerprint density at radius 2 is 1.81 bits per heavy atom. The maximum atomic E-state index is 13.6. The highest BCUT2D eigenvalue weighted by Gasteiger charge is 2.74. The van der Waals surface area contributed by atoms with Crippen LogP contribution in [0.4, 0.5) is 26.3 Å². The van der Waals surface area contributed by atoms with E-state index in [1.165, 1.54) is 6.92 Å². The summed E-state index contributed by atoms with van der Waals surface area (Å²) >= 11 is -0.321. The van der Waals surface area contributed by atoms with Gasteiger partial charge in [0.05, 0.1) is 17.8 Å². The summed E-state index contributed by atoms with van der Waals surface area (Å²) in [6, 6.07) is 0. The summed E-state index contributed by atoms with van der Waals surface area (Å²) in [6.07, 6.45) is -12.0. The van der Waals surface area contributed by atoms with Gasteiger partial charge in [0.15, 0.2) is 5.92 Å². The van der Waals surface area contributed by atoms with Crippen LogP contribution < -0.4 is 0 Å². The standard InChI is InChI=1S/C14H20F6O5S/c1-3-5-6-11(4-2)8-23-9(21)7-12(11,26-25-24-22)10(13(15,16)17)14(18,19)20/h10,22H,3-8H2,1-2H3. The average Bonchev–Trinajstić information content (AvgIpc) is 2.50. The number of rotatable bonds is 8. The Hall–Kier alpha value is -0.720. The Morgan fingerprint density at radius 3 is 2.23 bits per heavy atom. The summed E-state index contributed by atoms with van der Waals surface area (Å²) in [5.41, 5.74) is -1.68. The zero-order valence-corrected chi connectivity index (χ0v) is 14.9. The fourth-order valence-corrected chi connectivity index (χ4v) is 4.71. The molecule has 0 aromatic heterocycles. The van der Waals surface area contributed by atoms with Gasteiger partial charge in [-0.05, 0) is 12.8 Å². The van der Waals surface area contributed by atoms with Crippen molar-refractivity contribution < 1.29 is 50.5 Å². The van der Waals surface area contributed by atoms with E-state index in [0.29, 0.717) is 12.8 Å². The van der Waals surface area contributed by atoms with Crippen LogP contribution >= 0.6 is 12.0 Å². The molecule has 2 unspecified atom stereocenters. The second-order valence-corrected chi connectivity index (χ2v) is 7.24. The number of carbonyl (C=O) groups excluding carboxylic acids is 1. The number of esters is 1. The van der Waals surface area contributed by atoms with Gasteiger partial charge in [0.25, 0.3) is 0 Å². The van der Waals surface area contributed by atoms with Gasteiger partial charge in [-0.2, -0.15) is 26.3 Å². The molecule has 1 N–H and O–H groups in total. The largest absolute Gasteiger partial charge is 0.465 e. The lowest BCUT2D eigenvalue weighted by atomic mass is 9.62. The molecule has 26 heavy (non-hydrogen) atoms. The lowest BCUT2D eigenvalue weighted by molar-refractivity contribution is -0.433. The molecule has 1 aliphatic heterocycles. The molecule has 1 rings (SSSR count). The first kappa shape index (κ1) is 23.3. The van der Waals surface area contributed by atoms with Gasteiger partial charge in [-0.3, -0.25) is 4.79 Å². The first-order valence-corrected chi connectivity index (χ1v) is 8.59. The average molecular weight is 414 g/mol. The van der Waals surface area contributed by atoms with Gasteiger partial charge in [-0.1, -0.05) is 31.7 Å². The van der Waals surface area contributed by atoms with Gasteiger partial charge < -0.3 is 4.74 Å². The third-order valence-electron chi connectivity index (χ3n) is 4.83. The Labute approximate surface area is 150 Å². The van der Waals surface area contributed by atoms with Crippen LogP contribution in [0, 0.1) is 11.3 Å². The van der Waals surface area contributed by atoms with Crippen molar-refractivity contribution in [2.24, 2.45) is 11.3 Å². The van der Waals surface area contributed by atoms with Crippen LogP contribution in [-0.2, 0) is 18.9 Å². The van der Waals surface area contributed by atoms with Crippen molar-refractivity contribution in [3.8, 4) is 0 Å². The highest BCUT2D eigenvalue weighted by molar-refractivity contribution is 7.96. The maximum absolute atomic E-state index is 13.6. The number of cyclic esters (lactones) is 1. The molecule has 1 aliphatic rings. The summed E-state index contributed by atoms with van der Waals surface area (Å²) in [5, 5.41) is 11.7. The van der Waals surface area contributed by atoms with E-state index in [0.717, 1.165) is 0 Å². The summed E-state index contributed by atoms with van der Waals surface area (Å²) in [7, 11) is 0. The molecule has 0 bridgehead atoms. The van der Waals surface area contributed by atoms with Crippen LogP contribution in [0.2, 0.25) is 0 Å². The Kier molecular flexibility index (Phi) is 7.65. The number of unbranched alkanes of at least 4 members (excludes halogenated alkanes) is 1. The zero-order chi connectivity index (χ0) is 20.2. The Morgan fingerprint density at radius 1 is 1.23 bits per heavy atom. The molecule has 2 atom stereocenters. The van der Waals surface area contributed by atoms with Crippen molar-refractivity contribution in [2.45, 2.75) is 63.1 Å². The highest BCUT2D eigenvalue weighted by atomic mass is 32.2. The van der Waals surface area contributed by atoms with Crippen LogP contribution in [-0.4, -0.2) is 34.9 Å². The molecule has 1 heterocycles. The van der Waals surface area contributed by atoms with E-state index in [1.54, 1.807) is 6.92 Å². The topological polar surface area (TPSA) is 65.0 Å². The smallest absolute Gasteiger partial charge is 0.401 e. The van der Waals surface area contributed by atoms with Crippen molar-refractivity contribution >= 4 is 18.0 Å². The minimum atomic E-state index is -5.71. The monoisotopic (exact) mass is 414 g/mol. The van der Waals surface area contributed by atoms with Crippen LogP contribution in [0.3, 0.4) is 0 Å². The minimum Gasteiger partial charge on any atom is -0.465 e. The Bertz CT molecular complexity index is 471. The van der Waals surface area contributed by atoms with E-state index in [9.17, 15) is 31.1 Å². The molecule has 0 aliphatic carbocycles. The molecule has 0 saturated carbocycles. The first-order chi connectivity index (χ1) is 11.9. The van der Waals surface area contributed by atoms with Gasteiger partial charge in [0.1, 0.15) is 0 Å². The van der Waals surface area contributed by atoms with Crippen LogP contribution in [0.1, 0.15) is 46.0 Å². The van der Waals surface area contributed by atoms with E-state index in [2.05, 4.69) is 9.37 Å². The van der Waals surface area contributed by atoms with E-state index in [1.807, 2.05) is 0 Å². The first-order valence-electron chi connectivity index (χ1n) is 7.85.